The number of aryl methyl sites for hydroxylation is 2. The first-order valence-electron chi connectivity index (χ1n) is 10.1. The molecule has 0 aliphatic carbocycles. The topological polar surface area (TPSA) is 116 Å². The third-order valence-corrected chi connectivity index (χ3v) is 6.07. The minimum absolute atomic E-state index is 0.158. The fourth-order valence-electron chi connectivity index (χ4n) is 3.40. The molecule has 0 aromatic carbocycles. The van der Waals surface area contributed by atoms with E-state index in [2.05, 4.69) is 35.8 Å². The van der Waals surface area contributed by atoms with Crippen LogP contribution in [-0.4, -0.2) is 45.5 Å². The SMILES string of the molecule is Cc1ncc(CNC(=O)c2cc(-n3nnnc3C(F)F)c3ncc(-c4ccc(C)s4)n3c2)cn1. The molecule has 34 heavy (non-hydrogen) atoms. The number of carbonyl (C=O) groups is 1. The average molecular weight is 481 g/mol. The number of halogens is 2. The predicted octanol–water partition coefficient (Wildman–Crippen LogP) is 3.31. The molecule has 0 fully saturated rings. The van der Waals surface area contributed by atoms with Gasteiger partial charge < -0.3 is 5.32 Å². The standard InChI is InChI=1S/C21H17F2N9OS/c1-11-3-4-17(34-11)16-9-26-19-15(32-20(18(22)23)28-29-30-32)5-14(10-31(16)19)21(33)27-8-13-6-24-12(2)25-7-13/h3-7,9-10,18H,8H2,1-2H3,(H,27,33). The molecule has 1 amide bonds. The number of imidazole rings is 1. The summed E-state index contributed by atoms with van der Waals surface area (Å²) in [6.07, 6.45) is 3.58. The van der Waals surface area contributed by atoms with Gasteiger partial charge in [0.1, 0.15) is 11.5 Å². The molecule has 0 saturated carbocycles. The van der Waals surface area contributed by atoms with E-state index in [1.807, 2.05) is 19.1 Å². The van der Waals surface area contributed by atoms with Crippen molar-refractivity contribution in [1.29, 1.82) is 0 Å². The Hall–Kier alpha value is -4.13. The normalized spacial score (nSPS) is 11.4. The number of rotatable bonds is 6. The summed E-state index contributed by atoms with van der Waals surface area (Å²) in [5.41, 5.74) is 2.14. The van der Waals surface area contributed by atoms with Crippen molar-refractivity contribution in [1.82, 2.24) is 44.9 Å². The Morgan fingerprint density at radius 1 is 1.15 bits per heavy atom. The molecule has 0 bridgehead atoms. The highest BCUT2D eigenvalue weighted by molar-refractivity contribution is 7.15. The molecule has 5 aromatic heterocycles. The summed E-state index contributed by atoms with van der Waals surface area (Å²) in [5, 5.41) is 13.3. The number of hydrogen-bond acceptors (Lipinski definition) is 8. The molecule has 0 spiro atoms. The first-order valence-corrected chi connectivity index (χ1v) is 10.9. The zero-order chi connectivity index (χ0) is 23.8. The quantitative estimate of drug-likeness (QED) is 0.396. The second-order valence-electron chi connectivity index (χ2n) is 7.43. The number of alkyl halides is 2. The van der Waals surface area contributed by atoms with Crippen molar-refractivity contribution in [3.63, 3.8) is 0 Å². The minimum Gasteiger partial charge on any atom is -0.348 e. The summed E-state index contributed by atoms with van der Waals surface area (Å²) in [7, 11) is 0. The van der Waals surface area contributed by atoms with Gasteiger partial charge in [-0.1, -0.05) is 0 Å². The van der Waals surface area contributed by atoms with Gasteiger partial charge in [-0.3, -0.25) is 9.20 Å². The smallest absolute Gasteiger partial charge is 0.299 e. The summed E-state index contributed by atoms with van der Waals surface area (Å²) in [4.78, 5) is 27.7. The van der Waals surface area contributed by atoms with Crippen LogP contribution in [0.1, 0.15) is 38.9 Å². The molecular formula is C21H17F2N9OS. The Bertz CT molecular complexity index is 1490. The lowest BCUT2D eigenvalue weighted by Gasteiger charge is -2.11. The molecule has 0 unspecified atom stereocenters. The molecule has 172 valence electrons. The van der Waals surface area contributed by atoms with E-state index in [9.17, 15) is 13.6 Å². The van der Waals surface area contributed by atoms with Gasteiger partial charge in [-0.15, -0.1) is 16.4 Å². The number of nitrogens with zero attached hydrogens (tertiary/aromatic N) is 8. The second kappa shape index (κ2) is 8.67. The van der Waals surface area contributed by atoms with Crippen molar-refractivity contribution in [2.24, 2.45) is 0 Å². The predicted molar refractivity (Wildman–Crippen MR) is 119 cm³/mol. The van der Waals surface area contributed by atoms with Crippen LogP contribution in [-0.2, 0) is 6.54 Å². The number of pyridine rings is 1. The highest BCUT2D eigenvalue weighted by Crippen LogP contribution is 2.31. The molecule has 0 atom stereocenters. The van der Waals surface area contributed by atoms with Gasteiger partial charge in [-0.05, 0) is 42.5 Å². The maximum Gasteiger partial charge on any atom is 0.299 e. The van der Waals surface area contributed by atoms with E-state index >= 15 is 0 Å². The van der Waals surface area contributed by atoms with E-state index in [1.165, 1.54) is 6.07 Å². The Morgan fingerprint density at radius 2 is 1.94 bits per heavy atom. The summed E-state index contributed by atoms with van der Waals surface area (Å²) in [6.45, 7) is 3.94. The fourth-order valence-corrected chi connectivity index (χ4v) is 4.28. The Labute approximate surface area is 195 Å². The van der Waals surface area contributed by atoms with Gasteiger partial charge >= 0.3 is 0 Å². The van der Waals surface area contributed by atoms with Gasteiger partial charge in [-0.25, -0.2) is 23.7 Å². The maximum absolute atomic E-state index is 13.5. The molecule has 5 aromatic rings. The molecule has 0 aliphatic rings. The van der Waals surface area contributed by atoms with Crippen molar-refractivity contribution in [3.05, 3.63) is 70.6 Å². The van der Waals surface area contributed by atoms with Gasteiger partial charge in [0, 0.05) is 35.6 Å². The number of thiophene rings is 1. The van der Waals surface area contributed by atoms with E-state index in [0.717, 1.165) is 20.0 Å². The lowest BCUT2D eigenvalue weighted by Crippen LogP contribution is -2.24. The number of nitrogens with one attached hydrogen (secondary N) is 1. The van der Waals surface area contributed by atoms with Crippen molar-refractivity contribution in [3.8, 4) is 16.3 Å². The van der Waals surface area contributed by atoms with E-state index in [1.54, 1.807) is 47.4 Å². The van der Waals surface area contributed by atoms with Gasteiger partial charge in [-0.2, -0.15) is 4.68 Å². The van der Waals surface area contributed by atoms with Crippen molar-refractivity contribution < 1.29 is 13.6 Å². The first kappa shape index (κ1) is 21.7. The summed E-state index contributed by atoms with van der Waals surface area (Å²) in [5.74, 6) is -0.442. The number of tetrazole rings is 1. The van der Waals surface area contributed by atoms with Gasteiger partial charge in [0.05, 0.1) is 22.3 Å². The Kier molecular flexibility index (Phi) is 5.53. The molecule has 5 heterocycles. The highest BCUT2D eigenvalue weighted by Gasteiger charge is 2.23. The molecular weight excluding hydrogens is 464 g/mol. The summed E-state index contributed by atoms with van der Waals surface area (Å²) in [6, 6.07) is 5.35. The minimum atomic E-state index is -2.91. The molecule has 10 nitrogen and oxygen atoms in total. The summed E-state index contributed by atoms with van der Waals surface area (Å²) >= 11 is 1.55. The lowest BCUT2D eigenvalue weighted by atomic mass is 10.2. The zero-order valence-electron chi connectivity index (χ0n) is 18.0. The van der Waals surface area contributed by atoms with Crippen LogP contribution >= 0.6 is 11.3 Å². The second-order valence-corrected chi connectivity index (χ2v) is 8.72. The van der Waals surface area contributed by atoms with Crippen LogP contribution in [0.15, 0.2) is 43.0 Å². The zero-order valence-corrected chi connectivity index (χ0v) is 18.8. The van der Waals surface area contributed by atoms with Crippen molar-refractivity contribution >= 4 is 22.9 Å². The fraction of sp³-hybridized carbons (Fsp3) is 0.190. The van der Waals surface area contributed by atoms with Crippen molar-refractivity contribution in [2.45, 2.75) is 26.8 Å². The van der Waals surface area contributed by atoms with Gasteiger partial charge in [0.15, 0.2) is 5.65 Å². The molecule has 0 radical (unpaired) electrons. The highest BCUT2D eigenvalue weighted by atomic mass is 32.1. The summed E-state index contributed by atoms with van der Waals surface area (Å²) < 4.78 is 29.7. The number of hydrogen-bond donors (Lipinski definition) is 1. The Balaban J connectivity index is 1.60. The Morgan fingerprint density at radius 3 is 2.65 bits per heavy atom. The molecule has 0 aliphatic heterocycles. The van der Waals surface area contributed by atoms with Crippen LogP contribution in [0.25, 0.3) is 21.9 Å². The largest absolute Gasteiger partial charge is 0.348 e. The van der Waals surface area contributed by atoms with E-state index in [-0.39, 0.29) is 17.8 Å². The monoisotopic (exact) mass is 481 g/mol. The average Bonchev–Trinajstić information content (AvgIpc) is 3.57. The van der Waals surface area contributed by atoms with E-state index in [0.29, 0.717) is 17.2 Å². The molecule has 1 N–H and O–H groups in total. The van der Waals surface area contributed by atoms with Crippen LogP contribution in [0, 0.1) is 13.8 Å². The molecule has 0 saturated heterocycles. The van der Waals surface area contributed by atoms with Crippen LogP contribution in [0.3, 0.4) is 0 Å². The third kappa shape index (κ3) is 4.01. The first-order chi connectivity index (χ1) is 16.4. The lowest BCUT2D eigenvalue weighted by molar-refractivity contribution is 0.0950. The molecule has 13 heteroatoms. The third-order valence-electron chi connectivity index (χ3n) is 5.05. The number of carbonyl (C=O) groups excluding carboxylic acids is 1. The number of fused-ring (bicyclic) bond motifs is 1. The van der Waals surface area contributed by atoms with Crippen molar-refractivity contribution in [2.75, 3.05) is 0 Å². The van der Waals surface area contributed by atoms with Crippen LogP contribution in [0.4, 0.5) is 8.78 Å². The van der Waals surface area contributed by atoms with Crippen LogP contribution in [0.2, 0.25) is 0 Å². The van der Waals surface area contributed by atoms with E-state index in [4.69, 9.17) is 0 Å². The number of amides is 1. The van der Waals surface area contributed by atoms with Crippen LogP contribution in [0.5, 0.6) is 0 Å². The van der Waals surface area contributed by atoms with Crippen LogP contribution < -0.4 is 5.32 Å². The number of aromatic nitrogens is 8. The van der Waals surface area contributed by atoms with E-state index < -0.39 is 18.2 Å². The van der Waals surface area contributed by atoms with Gasteiger partial charge in [0.2, 0.25) is 5.82 Å². The molecule has 5 rings (SSSR count). The van der Waals surface area contributed by atoms with Gasteiger partial charge in [0.25, 0.3) is 12.3 Å². The maximum atomic E-state index is 13.5.